The highest BCUT2D eigenvalue weighted by atomic mass is 15.1. The van der Waals surface area contributed by atoms with E-state index in [-0.39, 0.29) is 0 Å². The van der Waals surface area contributed by atoms with Crippen LogP contribution in [0.4, 0.5) is 5.69 Å². The van der Waals surface area contributed by atoms with Gasteiger partial charge in [0.2, 0.25) is 0 Å². The topological polar surface area (TPSA) is 28.2 Å². The van der Waals surface area contributed by atoms with Crippen molar-refractivity contribution in [2.75, 3.05) is 31.1 Å². The molecule has 100 valence electrons. The highest BCUT2D eigenvalue weighted by Crippen LogP contribution is 2.24. The lowest BCUT2D eigenvalue weighted by molar-refractivity contribution is 0.383. The summed E-state index contributed by atoms with van der Waals surface area (Å²) in [6, 6.07) is 2.14. The SMILES string of the molecule is CCCNCC1CCN(c2ccncc2C)CC1. The van der Waals surface area contributed by atoms with E-state index < -0.39 is 0 Å². The second-order valence-electron chi connectivity index (χ2n) is 5.30. The van der Waals surface area contributed by atoms with E-state index in [0.29, 0.717) is 0 Å². The number of rotatable bonds is 5. The first kappa shape index (κ1) is 13.3. The average Bonchev–Trinajstić information content (AvgIpc) is 2.41. The van der Waals surface area contributed by atoms with E-state index in [1.54, 1.807) is 0 Å². The molecule has 1 saturated heterocycles. The van der Waals surface area contributed by atoms with Crippen LogP contribution in [0.15, 0.2) is 18.5 Å². The van der Waals surface area contributed by atoms with E-state index in [0.717, 1.165) is 12.5 Å². The Labute approximate surface area is 111 Å². The van der Waals surface area contributed by atoms with Gasteiger partial charge in [-0.15, -0.1) is 0 Å². The van der Waals surface area contributed by atoms with Gasteiger partial charge in [-0.25, -0.2) is 0 Å². The van der Waals surface area contributed by atoms with Gasteiger partial charge in [0.1, 0.15) is 0 Å². The summed E-state index contributed by atoms with van der Waals surface area (Å²) in [6.45, 7) is 9.09. The molecule has 1 N–H and O–H groups in total. The maximum atomic E-state index is 4.17. The first-order valence-corrected chi connectivity index (χ1v) is 7.17. The number of nitrogens with zero attached hydrogens (tertiary/aromatic N) is 2. The minimum Gasteiger partial charge on any atom is -0.371 e. The Morgan fingerprint density at radius 1 is 1.39 bits per heavy atom. The number of pyridine rings is 1. The molecule has 1 fully saturated rings. The predicted molar refractivity (Wildman–Crippen MR) is 77.1 cm³/mol. The van der Waals surface area contributed by atoms with Crippen molar-refractivity contribution in [1.82, 2.24) is 10.3 Å². The van der Waals surface area contributed by atoms with Crippen LogP contribution in [0, 0.1) is 12.8 Å². The zero-order valence-corrected chi connectivity index (χ0v) is 11.7. The summed E-state index contributed by atoms with van der Waals surface area (Å²) in [5, 5.41) is 3.54. The van der Waals surface area contributed by atoms with Crippen LogP contribution in [0.5, 0.6) is 0 Å². The molecular formula is C15H25N3. The maximum absolute atomic E-state index is 4.17. The number of nitrogens with one attached hydrogen (secondary N) is 1. The molecule has 0 aromatic carbocycles. The molecule has 0 spiro atoms. The normalized spacial score (nSPS) is 17.1. The Morgan fingerprint density at radius 3 is 2.83 bits per heavy atom. The molecule has 2 rings (SSSR count). The molecule has 0 atom stereocenters. The molecule has 2 heterocycles. The smallest absolute Gasteiger partial charge is 0.0426 e. The van der Waals surface area contributed by atoms with Crippen LogP contribution >= 0.6 is 0 Å². The van der Waals surface area contributed by atoms with Crippen LogP contribution in [0.3, 0.4) is 0 Å². The van der Waals surface area contributed by atoms with E-state index in [1.165, 1.54) is 50.1 Å². The van der Waals surface area contributed by atoms with Crippen molar-refractivity contribution in [2.24, 2.45) is 5.92 Å². The molecule has 1 aliphatic heterocycles. The number of anilines is 1. The highest BCUT2D eigenvalue weighted by Gasteiger charge is 2.19. The number of piperidine rings is 1. The summed E-state index contributed by atoms with van der Waals surface area (Å²) in [5.41, 5.74) is 2.66. The zero-order valence-electron chi connectivity index (χ0n) is 11.7. The minimum atomic E-state index is 0.856. The maximum Gasteiger partial charge on any atom is 0.0426 e. The summed E-state index contributed by atoms with van der Waals surface area (Å²) < 4.78 is 0. The average molecular weight is 247 g/mol. The molecular weight excluding hydrogens is 222 g/mol. The van der Waals surface area contributed by atoms with Gasteiger partial charge in [0.05, 0.1) is 0 Å². The molecule has 0 bridgehead atoms. The fourth-order valence-corrected chi connectivity index (χ4v) is 2.68. The van der Waals surface area contributed by atoms with Gasteiger partial charge < -0.3 is 10.2 Å². The molecule has 3 nitrogen and oxygen atoms in total. The molecule has 3 heteroatoms. The van der Waals surface area contributed by atoms with E-state index in [1.807, 2.05) is 12.4 Å². The zero-order chi connectivity index (χ0) is 12.8. The summed E-state index contributed by atoms with van der Waals surface area (Å²) in [6.07, 6.45) is 7.70. The molecule has 0 radical (unpaired) electrons. The number of hydrogen-bond acceptors (Lipinski definition) is 3. The third-order valence-electron chi connectivity index (χ3n) is 3.81. The van der Waals surface area contributed by atoms with Crippen LogP contribution in [0.2, 0.25) is 0 Å². The molecule has 0 saturated carbocycles. The quantitative estimate of drug-likeness (QED) is 0.811. The van der Waals surface area contributed by atoms with Crippen molar-refractivity contribution in [3.8, 4) is 0 Å². The van der Waals surface area contributed by atoms with Gasteiger partial charge in [0.25, 0.3) is 0 Å². The van der Waals surface area contributed by atoms with Crippen molar-refractivity contribution in [1.29, 1.82) is 0 Å². The van der Waals surface area contributed by atoms with Crippen LogP contribution in [-0.2, 0) is 0 Å². The number of aromatic nitrogens is 1. The van der Waals surface area contributed by atoms with E-state index in [2.05, 4.69) is 35.1 Å². The Kier molecular flexibility index (Phi) is 5.00. The summed E-state index contributed by atoms with van der Waals surface area (Å²) >= 11 is 0. The van der Waals surface area contributed by atoms with Gasteiger partial charge in [-0.05, 0) is 56.8 Å². The predicted octanol–water partition coefficient (Wildman–Crippen LogP) is 2.61. The second kappa shape index (κ2) is 6.74. The van der Waals surface area contributed by atoms with E-state index >= 15 is 0 Å². The molecule has 0 unspecified atom stereocenters. The minimum absolute atomic E-state index is 0.856. The molecule has 0 amide bonds. The lowest BCUT2D eigenvalue weighted by Crippen LogP contribution is -2.37. The fraction of sp³-hybridized carbons (Fsp3) is 0.667. The summed E-state index contributed by atoms with van der Waals surface area (Å²) in [5.74, 6) is 0.856. The Balaban J connectivity index is 1.81. The van der Waals surface area contributed by atoms with E-state index in [4.69, 9.17) is 0 Å². The van der Waals surface area contributed by atoms with Gasteiger partial charge in [0.15, 0.2) is 0 Å². The van der Waals surface area contributed by atoms with Crippen LogP contribution in [0.1, 0.15) is 31.7 Å². The molecule has 1 aromatic rings. The van der Waals surface area contributed by atoms with Gasteiger partial charge in [-0.2, -0.15) is 0 Å². The molecule has 0 aliphatic carbocycles. The molecule has 18 heavy (non-hydrogen) atoms. The second-order valence-corrected chi connectivity index (χ2v) is 5.30. The Morgan fingerprint density at radius 2 is 2.17 bits per heavy atom. The molecule has 1 aliphatic rings. The van der Waals surface area contributed by atoms with Crippen LogP contribution < -0.4 is 10.2 Å². The van der Waals surface area contributed by atoms with Gasteiger partial charge in [0, 0.05) is 31.2 Å². The van der Waals surface area contributed by atoms with Crippen molar-refractivity contribution < 1.29 is 0 Å². The van der Waals surface area contributed by atoms with Gasteiger partial charge in [-0.1, -0.05) is 6.92 Å². The number of hydrogen-bond donors (Lipinski definition) is 1. The lowest BCUT2D eigenvalue weighted by Gasteiger charge is -2.34. The monoisotopic (exact) mass is 247 g/mol. The van der Waals surface area contributed by atoms with Crippen molar-refractivity contribution in [3.63, 3.8) is 0 Å². The largest absolute Gasteiger partial charge is 0.371 e. The van der Waals surface area contributed by atoms with Gasteiger partial charge >= 0.3 is 0 Å². The highest BCUT2D eigenvalue weighted by molar-refractivity contribution is 5.51. The molecule has 1 aromatic heterocycles. The third kappa shape index (κ3) is 3.45. The summed E-state index contributed by atoms with van der Waals surface area (Å²) in [4.78, 5) is 6.68. The van der Waals surface area contributed by atoms with Crippen LogP contribution in [-0.4, -0.2) is 31.2 Å². The van der Waals surface area contributed by atoms with Crippen molar-refractivity contribution >= 4 is 5.69 Å². The fourth-order valence-electron chi connectivity index (χ4n) is 2.68. The Bertz CT molecular complexity index is 357. The first-order valence-electron chi connectivity index (χ1n) is 7.17. The summed E-state index contributed by atoms with van der Waals surface area (Å²) in [7, 11) is 0. The number of aryl methyl sites for hydroxylation is 1. The lowest BCUT2D eigenvalue weighted by atomic mass is 9.96. The van der Waals surface area contributed by atoms with Crippen molar-refractivity contribution in [2.45, 2.75) is 33.1 Å². The van der Waals surface area contributed by atoms with Gasteiger partial charge in [-0.3, -0.25) is 4.98 Å². The van der Waals surface area contributed by atoms with Crippen LogP contribution in [0.25, 0.3) is 0 Å². The van der Waals surface area contributed by atoms with E-state index in [9.17, 15) is 0 Å². The third-order valence-corrected chi connectivity index (χ3v) is 3.81. The van der Waals surface area contributed by atoms with Crippen molar-refractivity contribution in [3.05, 3.63) is 24.0 Å². The Hall–Kier alpha value is -1.09. The first-order chi connectivity index (χ1) is 8.81. The standard InChI is InChI=1S/C15H25N3/c1-3-7-16-12-14-5-9-18(10-6-14)15-4-8-17-11-13(15)2/h4,8,11,14,16H,3,5-7,9-10,12H2,1-2H3.